The van der Waals surface area contributed by atoms with Gasteiger partial charge in [0.25, 0.3) is 0 Å². The maximum Gasteiger partial charge on any atom is 0.314 e. The Hall–Kier alpha value is -2.47. The van der Waals surface area contributed by atoms with Crippen molar-refractivity contribution in [1.29, 1.82) is 0 Å². The smallest absolute Gasteiger partial charge is 0.314 e. The summed E-state index contributed by atoms with van der Waals surface area (Å²) in [7, 11) is 0. The highest BCUT2D eigenvalue weighted by atomic mass is 16.5. The van der Waals surface area contributed by atoms with Gasteiger partial charge in [-0.25, -0.2) is 4.79 Å². The van der Waals surface area contributed by atoms with E-state index >= 15 is 0 Å². The van der Waals surface area contributed by atoms with Crippen LogP contribution in [0.4, 0.5) is 4.79 Å². The van der Waals surface area contributed by atoms with Crippen molar-refractivity contribution in [3.05, 3.63) is 53.5 Å². The number of urea groups is 1. The molecule has 1 heterocycles. The summed E-state index contributed by atoms with van der Waals surface area (Å²) in [5.41, 5.74) is -0.213. The van der Waals surface area contributed by atoms with Crippen LogP contribution in [0.2, 0.25) is 0 Å². The summed E-state index contributed by atoms with van der Waals surface area (Å²) in [6, 6.07) is 10.9. The van der Waals surface area contributed by atoms with E-state index in [-0.39, 0.29) is 12.6 Å². The Morgan fingerprint density at radius 3 is 2.68 bits per heavy atom. The van der Waals surface area contributed by atoms with Crippen molar-refractivity contribution in [2.75, 3.05) is 19.7 Å². The Labute approximate surface area is 148 Å². The molecule has 2 amide bonds. The average Bonchev–Trinajstić information content (AvgIpc) is 3.02. The van der Waals surface area contributed by atoms with Crippen molar-refractivity contribution in [2.45, 2.75) is 32.8 Å². The van der Waals surface area contributed by atoms with E-state index in [9.17, 15) is 9.90 Å². The molecule has 0 saturated carbocycles. The number of amides is 2. The van der Waals surface area contributed by atoms with Crippen molar-refractivity contribution in [3.8, 4) is 5.75 Å². The number of carbonyl (C=O) groups is 1. The molecule has 1 aromatic carbocycles. The first kappa shape index (κ1) is 18.9. The molecule has 25 heavy (non-hydrogen) atoms. The molecule has 0 fully saturated rings. The predicted octanol–water partition coefficient (Wildman–Crippen LogP) is 2.74. The van der Waals surface area contributed by atoms with Crippen molar-refractivity contribution < 1.29 is 19.1 Å². The third kappa shape index (κ3) is 5.53. The van der Waals surface area contributed by atoms with E-state index in [2.05, 4.69) is 10.6 Å². The Morgan fingerprint density at radius 2 is 2.00 bits per heavy atom. The molecule has 0 spiro atoms. The zero-order valence-corrected chi connectivity index (χ0v) is 15.0. The van der Waals surface area contributed by atoms with E-state index < -0.39 is 5.60 Å². The molecule has 0 bridgehead atoms. The molecule has 1 unspecified atom stereocenters. The third-order valence-corrected chi connectivity index (χ3v) is 3.82. The van der Waals surface area contributed by atoms with E-state index in [0.29, 0.717) is 31.1 Å². The quantitative estimate of drug-likeness (QED) is 0.686. The summed E-state index contributed by atoms with van der Waals surface area (Å²) in [6.45, 7) is 6.48. The summed E-state index contributed by atoms with van der Waals surface area (Å²) in [6.07, 6.45) is 0.664. The lowest BCUT2D eigenvalue weighted by Gasteiger charge is -2.21. The maximum absolute atomic E-state index is 11.9. The zero-order valence-electron chi connectivity index (χ0n) is 15.0. The minimum absolute atomic E-state index is 0.0569. The van der Waals surface area contributed by atoms with Crippen LogP contribution >= 0.6 is 0 Å². The number of carbonyl (C=O) groups excluding carboxylic acids is 1. The minimum Gasteiger partial charge on any atom is -0.494 e. The number of para-hydroxylation sites is 1. The van der Waals surface area contributed by atoms with Crippen LogP contribution in [0, 0.1) is 6.92 Å². The summed E-state index contributed by atoms with van der Waals surface area (Å²) in [5, 5.41) is 15.8. The molecule has 6 heteroatoms. The highest BCUT2D eigenvalue weighted by molar-refractivity contribution is 5.73. The van der Waals surface area contributed by atoms with Crippen LogP contribution in [0.3, 0.4) is 0 Å². The fourth-order valence-electron chi connectivity index (χ4n) is 2.44. The van der Waals surface area contributed by atoms with E-state index in [1.54, 1.807) is 26.0 Å². The number of ether oxygens (including phenoxy) is 1. The monoisotopic (exact) mass is 346 g/mol. The van der Waals surface area contributed by atoms with Gasteiger partial charge in [0.2, 0.25) is 0 Å². The summed E-state index contributed by atoms with van der Waals surface area (Å²) in [5.74, 6) is 1.98. The predicted molar refractivity (Wildman–Crippen MR) is 95.7 cm³/mol. The molecule has 1 atom stereocenters. The fraction of sp³-hybridized carbons (Fsp3) is 0.421. The van der Waals surface area contributed by atoms with Crippen LogP contribution in [0.15, 0.2) is 40.8 Å². The highest BCUT2D eigenvalue weighted by Gasteiger charge is 2.27. The van der Waals surface area contributed by atoms with Crippen molar-refractivity contribution in [2.24, 2.45) is 0 Å². The second-order valence-corrected chi connectivity index (χ2v) is 6.08. The van der Waals surface area contributed by atoms with Gasteiger partial charge in [0.15, 0.2) is 0 Å². The lowest BCUT2D eigenvalue weighted by Crippen LogP contribution is -2.43. The van der Waals surface area contributed by atoms with Crippen molar-refractivity contribution in [3.63, 3.8) is 0 Å². The van der Waals surface area contributed by atoms with E-state index in [0.717, 1.165) is 11.3 Å². The molecule has 0 aliphatic heterocycles. The number of aliphatic hydroxyl groups is 1. The van der Waals surface area contributed by atoms with Gasteiger partial charge in [0, 0.05) is 6.54 Å². The summed E-state index contributed by atoms with van der Waals surface area (Å²) >= 11 is 0. The van der Waals surface area contributed by atoms with Gasteiger partial charge in [-0.2, -0.15) is 0 Å². The van der Waals surface area contributed by atoms with Gasteiger partial charge in [-0.15, -0.1) is 0 Å². The van der Waals surface area contributed by atoms with Gasteiger partial charge in [-0.1, -0.05) is 18.2 Å². The van der Waals surface area contributed by atoms with Gasteiger partial charge in [-0.3, -0.25) is 0 Å². The molecule has 3 N–H and O–H groups in total. The fourth-order valence-corrected chi connectivity index (χ4v) is 2.44. The normalized spacial score (nSPS) is 13.1. The molecular formula is C19H26N2O4. The third-order valence-electron chi connectivity index (χ3n) is 3.82. The van der Waals surface area contributed by atoms with E-state index in [1.165, 1.54) is 0 Å². The second kappa shape index (κ2) is 8.58. The van der Waals surface area contributed by atoms with Crippen LogP contribution in [0.25, 0.3) is 0 Å². The Morgan fingerprint density at radius 1 is 1.24 bits per heavy atom. The number of benzene rings is 1. The van der Waals surface area contributed by atoms with Crippen LogP contribution in [0.5, 0.6) is 5.75 Å². The number of aryl methyl sites for hydroxylation is 1. The van der Waals surface area contributed by atoms with E-state index in [1.807, 2.05) is 31.2 Å². The number of nitrogens with one attached hydrogen (secondary N) is 2. The molecule has 0 aliphatic rings. The first-order chi connectivity index (χ1) is 11.9. The van der Waals surface area contributed by atoms with Gasteiger partial charge >= 0.3 is 6.03 Å². The summed E-state index contributed by atoms with van der Waals surface area (Å²) < 4.78 is 11.0. The lowest BCUT2D eigenvalue weighted by molar-refractivity contribution is 0.0360. The van der Waals surface area contributed by atoms with Gasteiger partial charge < -0.3 is 24.9 Å². The molecule has 2 aromatic rings. The number of rotatable bonds is 8. The Bertz CT molecular complexity index is 694. The molecular weight excluding hydrogens is 320 g/mol. The standard InChI is InChI=1S/C19H26N2O4/c1-4-24-16-8-6-5-7-15(16)11-12-20-18(22)21-13-19(3,23)17-10-9-14(2)25-17/h5-10,23H,4,11-13H2,1-3H3,(H2,20,21,22). The van der Waals surface area contributed by atoms with Gasteiger partial charge in [-0.05, 0) is 51.0 Å². The van der Waals surface area contributed by atoms with Crippen LogP contribution in [0.1, 0.15) is 30.9 Å². The molecule has 1 aromatic heterocycles. The summed E-state index contributed by atoms with van der Waals surface area (Å²) in [4.78, 5) is 11.9. The van der Waals surface area contributed by atoms with Crippen LogP contribution < -0.4 is 15.4 Å². The average molecular weight is 346 g/mol. The topological polar surface area (TPSA) is 83.7 Å². The largest absolute Gasteiger partial charge is 0.494 e. The maximum atomic E-state index is 11.9. The lowest BCUT2D eigenvalue weighted by atomic mass is 10.0. The molecule has 136 valence electrons. The molecule has 2 rings (SSSR count). The molecule has 6 nitrogen and oxygen atoms in total. The minimum atomic E-state index is -1.26. The number of hydrogen-bond donors (Lipinski definition) is 3. The zero-order chi connectivity index (χ0) is 18.3. The number of furan rings is 1. The molecule has 0 aliphatic carbocycles. The SMILES string of the molecule is CCOc1ccccc1CCNC(=O)NCC(C)(O)c1ccc(C)o1. The van der Waals surface area contributed by atoms with E-state index in [4.69, 9.17) is 9.15 Å². The number of hydrogen-bond acceptors (Lipinski definition) is 4. The van der Waals surface area contributed by atoms with Crippen LogP contribution in [-0.2, 0) is 12.0 Å². The highest BCUT2D eigenvalue weighted by Crippen LogP contribution is 2.22. The first-order valence-corrected chi connectivity index (χ1v) is 8.44. The Kier molecular flexibility index (Phi) is 6.47. The van der Waals surface area contributed by atoms with Crippen molar-refractivity contribution >= 4 is 6.03 Å². The Balaban J connectivity index is 1.78. The van der Waals surface area contributed by atoms with Gasteiger partial charge in [0.1, 0.15) is 22.9 Å². The first-order valence-electron chi connectivity index (χ1n) is 8.44. The van der Waals surface area contributed by atoms with Crippen LogP contribution in [-0.4, -0.2) is 30.8 Å². The van der Waals surface area contributed by atoms with Gasteiger partial charge in [0.05, 0.1) is 13.2 Å². The van der Waals surface area contributed by atoms with Crippen molar-refractivity contribution in [1.82, 2.24) is 10.6 Å². The second-order valence-electron chi connectivity index (χ2n) is 6.08. The molecule has 0 radical (unpaired) electrons. The molecule has 0 saturated heterocycles.